The predicted octanol–water partition coefficient (Wildman–Crippen LogP) is 2.19. The van der Waals surface area contributed by atoms with Gasteiger partial charge in [-0.1, -0.05) is 0 Å². The molecule has 1 aliphatic carbocycles. The molecule has 1 aromatic rings. The molecule has 0 radical (unpaired) electrons. The SMILES string of the molecule is O=C(O)C1CCc2c(c(Br)nn2C2CCOCC2)C1. The van der Waals surface area contributed by atoms with Crippen molar-refractivity contribution in [2.45, 2.75) is 38.1 Å². The standard InChI is InChI=1S/C13H17BrN2O3/c14-12-10-7-8(13(17)18)1-2-11(10)16(15-12)9-3-5-19-6-4-9/h8-9H,1-7H2,(H,17,18). The molecule has 1 atom stereocenters. The van der Waals surface area contributed by atoms with Crippen molar-refractivity contribution in [3.63, 3.8) is 0 Å². The third-order valence-corrected chi connectivity index (χ3v) is 4.77. The van der Waals surface area contributed by atoms with Crippen molar-refractivity contribution < 1.29 is 14.6 Å². The number of nitrogens with zero attached hydrogens (tertiary/aromatic N) is 2. The highest BCUT2D eigenvalue weighted by molar-refractivity contribution is 9.10. The molecule has 0 saturated carbocycles. The summed E-state index contributed by atoms with van der Waals surface area (Å²) in [5, 5.41) is 13.7. The molecule has 0 aromatic carbocycles. The van der Waals surface area contributed by atoms with Gasteiger partial charge < -0.3 is 9.84 Å². The molecule has 0 bridgehead atoms. The second kappa shape index (κ2) is 5.25. The molecule has 1 aliphatic heterocycles. The number of aromatic nitrogens is 2. The molecule has 2 aliphatic rings. The van der Waals surface area contributed by atoms with Crippen LogP contribution in [0.3, 0.4) is 0 Å². The van der Waals surface area contributed by atoms with Crippen LogP contribution in [0, 0.1) is 5.92 Å². The smallest absolute Gasteiger partial charge is 0.306 e. The van der Waals surface area contributed by atoms with Crippen molar-refractivity contribution in [2.75, 3.05) is 13.2 Å². The van der Waals surface area contributed by atoms with Crippen molar-refractivity contribution in [1.82, 2.24) is 9.78 Å². The van der Waals surface area contributed by atoms with Gasteiger partial charge in [0.2, 0.25) is 0 Å². The number of carboxylic acid groups (broad SMARTS) is 1. The number of carboxylic acids is 1. The Bertz CT molecular complexity index is 494. The van der Waals surface area contributed by atoms with E-state index in [2.05, 4.69) is 25.7 Å². The number of fused-ring (bicyclic) bond motifs is 1. The summed E-state index contributed by atoms with van der Waals surface area (Å²) >= 11 is 3.49. The van der Waals surface area contributed by atoms with Crippen LogP contribution in [0.1, 0.15) is 36.6 Å². The third-order valence-electron chi connectivity index (χ3n) is 4.14. The van der Waals surface area contributed by atoms with Gasteiger partial charge in [0.15, 0.2) is 0 Å². The van der Waals surface area contributed by atoms with E-state index >= 15 is 0 Å². The zero-order valence-corrected chi connectivity index (χ0v) is 12.2. The molecule has 0 amide bonds. The monoisotopic (exact) mass is 328 g/mol. The van der Waals surface area contributed by atoms with Crippen LogP contribution in [0.5, 0.6) is 0 Å². The largest absolute Gasteiger partial charge is 0.481 e. The van der Waals surface area contributed by atoms with Gasteiger partial charge in [-0.3, -0.25) is 9.48 Å². The summed E-state index contributed by atoms with van der Waals surface area (Å²) < 4.78 is 8.32. The summed E-state index contributed by atoms with van der Waals surface area (Å²) in [7, 11) is 0. The third kappa shape index (κ3) is 2.43. The fourth-order valence-corrected chi connectivity index (χ4v) is 3.60. The van der Waals surface area contributed by atoms with E-state index in [0.29, 0.717) is 18.9 Å². The average Bonchev–Trinajstić information content (AvgIpc) is 2.77. The Balaban J connectivity index is 1.89. The zero-order valence-electron chi connectivity index (χ0n) is 10.6. The molecule has 1 saturated heterocycles. The number of carbonyl (C=O) groups is 1. The fraction of sp³-hybridized carbons (Fsp3) is 0.692. The lowest BCUT2D eigenvalue weighted by Gasteiger charge is -2.26. The molecule has 19 heavy (non-hydrogen) atoms. The van der Waals surface area contributed by atoms with Crippen LogP contribution in [0.2, 0.25) is 0 Å². The van der Waals surface area contributed by atoms with E-state index < -0.39 is 5.97 Å². The first-order chi connectivity index (χ1) is 9.16. The lowest BCUT2D eigenvalue weighted by molar-refractivity contribution is -0.142. The quantitative estimate of drug-likeness (QED) is 0.903. The summed E-state index contributed by atoms with van der Waals surface area (Å²) in [5.74, 6) is -0.965. The minimum Gasteiger partial charge on any atom is -0.481 e. The summed E-state index contributed by atoms with van der Waals surface area (Å²) in [6, 6.07) is 0.398. The van der Waals surface area contributed by atoms with E-state index in [4.69, 9.17) is 9.84 Å². The van der Waals surface area contributed by atoms with E-state index in [-0.39, 0.29) is 5.92 Å². The molecule has 1 N–H and O–H groups in total. The van der Waals surface area contributed by atoms with Crippen LogP contribution in [-0.4, -0.2) is 34.1 Å². The maximum atomic E-state index is 11.1. The van der Waals surface area contributed by atoms with Crippen molar-refractivity contribution in [3.8, 4) is 0 Å². The highest BCUT2D eigenvalue weighted by Gasteiger charge is 2.31. The highest BCUT2D eigenvalue weighted by Crippen LogP contribution is 2.34. The molecular formula is C13H17BrN2O3. The molecule has 1 fully saturated rings. The highest BCUT2D eigenvalue weighted by atomic mass is 79.9. The second-order valence-electron chi connectivity index (χ2n) is 5.28. The number of hydrogen-bond donors (Lipinski definition) is 1. The Morgan fingerprint density at radius 1 is 1.37 bits per heavy atom. The van der Waals surface area contributed by atoms with Crippen LogP contribution >= 0.6 is 15.9 Å². The zero-order chi connectivity index (χ0) is 13.4. The van der Waals surface area contributed by atoms with Gasteiger partial charge in [0.05, 0.1) is 12.0 Å². The Hall–Kier alpha value is -0.880. The summed E-state index contributed by atoms with van der Waals surface area (Å²) in [6.45, 7) is 1.57. The van der Waals surface area contributed by atoms with Crippen molar-refractivity contribution in [1.29, 1.82) is 0 Å². The number of halogens is 1. The van der Waals surface area contributed by atoms with E-state index in [1.807, 2.05) is 0 Å². The maximum absolute atomic E-state index is 11.1. The molecular weight excluding hydrogens is 312 g/mol. The molecule has 0 spiro atoms. The van der Waals surface area contributed by atoms with Gasteiger partial charge in [0.25, 0.3) is 0 Å². The van der Waals surface area contributed by atoms with Crippen molar-refractivity contribution in [2.24, 2.45) is 5.92 Å². The minimum atomic E-state index is -0.698. The lowest BCUT2D eigenvalue weighted by Crippen LogP contribution is -2.26. The number of aliphatic carboxylic acids is 1. The number of hydrogen-bond acceptors (Lipinski definition) is 3. The molecule has 2 heterocycles. The normalized spacial score (nSPS) is 24.2. The predicted molar refractivity (Wildman–Crippen MR) is 72.2 cm³/mol. The molecule has 104 valence electrons. The van der Waals surface area contributed by atoms with Crippen LogP contribution < -0.4 is 0 Å². The van der Waals surface area contributed by atoms with Gasteiger partial charge in [-0.15, -0.1) is 0 Å². The molecule has 1 aromatic heterocycles. The Labute approximate surface area is 120 Å². The first-order valence-electron chi connectivity index (χ1n) is 6.73. The summed E-state index contributed by atoms with van der Waals surface area (Å²) in [4.78, 5) is 11.1. The van der Waals surface area contributed by atoms with Gasteiger partial charge in [-0.2, -0.15) is 5.10 Å². The maximum Gasteiger partial charge on any atom is 0.306 e. The van der Waals surface area contributed by atoms with Crippen molar-refractivity contribution >= 4 is 21.9 Å². The first kappa shape index (κ1) is 13.1. The van der Waals surface area contributed by atoms with Crippen LogP contribution in [-0.2, 0) is 22.4 Å². The summed E-state index contributed by atoms with van der Waals surface area (Å²) in [5.41, 5.74) is 2.31. The van der Waals surface area contributed by atoms with E-state index in [0.717, 1.165) is 42.6 Å². The van der Waals surface area contributed by atoms with Gasteiger partial charge in [-0.25, -0.2) is 0 Å². The molecule has 3 rings (SSSR count). The van der Waals surface area contributed by atoms with Gasteiger partial charge in [0.1, 0.15) is 4.60 Å². The molecule has 1 unspecified atom stereocenters. The van der Waals surface area contributed by atoms with E-state index in [1.54, 1.807) is 0 Å². The minimum absolute atomic E-state index is 0.267. The fourth-order valence-electron chi connectivity index (χ4n) is 3.04. The molecule has 5 nitrogen and oxygen atoms in total. The van der Waals surface area contributed by atoms with E-state index in [9.17, 15) is 4.79 Å². The lowest BCUT2D eigenvalue weighted by atomic mass is 9.87. The Kier molecular flexibility index (Phi) is 3.62. The number of ether oxygens (including phenoxy) is 1. The van der Waals surface area contributed by atoms with Crippen LogP contribution in [0.15, 0.2) is 4.60 Å². The van der Waals surface area contributed by atoms with Crippen LogP contribution in [0.25, 0.3) is 0 Å². The second-order valence-corrected chi connectivity index (χ2v) is 6.03. The first-order valence-corrected chi connectivity index (χ1v) is 7.52. The van der Waals surface area contributed by atoms with Crippen LogP contribution in [0.4, 0.5) is 0 Å². The van der Waals surface area contributed by atoms with Gasteiger partial charge in [0, 0.05) is 24.5 Å². The van der Waals surface area contributed by atoms with Gasteiger partial charge >= 0.3 is 5.97 Å². The van der Waals surface area contributed by atoms with Crippen molar-refractivity contribution in [3.05, 3.63) is 15.9 Å². The van der Waals surface area contributed by atoms with E-state index in [1.165, 1.54) is 5.69 Å². The average molecular weight is 329 g/mol. The topological polar surface area (TPSA) is 64.3 Å². The molecule has 6 heteroatoms. The number of rotatable bonds is 2. The summed E-state index contributed by atoms with van der Waals surface area (Å²) in [6.07, 6.45) is 4.09. The Morgan fingerprint density at radius 2 is 2.11 bits per heavy atom. The Morgan fingerprint density at radius 3 is 2.79 bits per heavy atom. The van der Waals surface area contributed by atoms with Gasteiger partial charge in [-0.05, 0) is 48.0 Å².